The third-order valence-electron chi connectivity index (χ3n) is 5.88. The van der Waals surface area contributed by atoms with Crippen LogP contribution >= 0.6 is 0 Å². The highest BCUT2D eigenvalue weighted by atomic mass is 16.4. The van der Waals surface area contributed by atoms with Crippen molar-refractivity contribution in [2.45, 2.75) is 39.5 Å². The number of likely N-dealkylation sites (tertiary alicyclic amines) is 2. The normalized spacial score (nSPS) is 25.6. The summed E-state index contributed by atoms with van der Waals surface area (Å²) in [6.07, 6.45) is 1.55. The maximum absolute atomic E-state index is 13.2. The number of carboxylic acid groups (broad SMARTS) is 1. The van der Waals surface area contributed by atoms with Crippen LogP contribution in [0.5, 0.6) is 0 Å². The van der Waals surface area contributed by atoms with Crippen molar-refractivity contribution in [2.75, 3.05) is 26.2 Å². The molecule has 0 radical (unpaired) electrons. The van der Waals surface area contributed by atoms with Crippen LogP contribution in [-0.4, -0.2) is 58.9 Å². The van der Waals surface area contributed by atoms with Crippen LogP contribution < -0.4 is 0 Å². The molecule has 28 heavy (non-hydrogen) atoms. The van der Waals surface area contributed by atoms with Crippen LogP contribution in [0.4, 0.5) is 0 Å². The molecule has 1 aromatic carbocycles. The van der Waals surface area contributed by atoms with Crippen LogP contribution in [0.25, 0.3) is 0 Å². The second-order valence-electron chi connectivity index (χ2n) is 9.05. The van der Waals surface area contributed by atoms with Gasteiger partial charge in [0.2, 0.25) is 11.8 Å². The van der Waals surface area contributed by atoms with Gasteiger partial charge in [-0.2, -0.15) is 0 Å². The van der Waals surface area contributed by atoms with Gasteiger partial charge in [-0.1, -0.05) is 51.1 Å². The van der Waals surface area contributed by atoms with E-state index >= 15 is 0 Å². The van der Waals surface area contributed by atoms with Crippen LogP contribution in [-0.2, 0) is 14.4 Å². The summed E-state index contributed by atoms with van der Waals surface area (Å²) in [5, 5.41) is 9.67. The molecule has 2 fully saturated rings. The van der Waals surface area contributed by atoms with Crippen molar-refractivity contribution in [3.05, 3.63) is 35.9 Å². The number of benzene rings is 1. The SMILES string of the molecule is CC(C)(C)C(=O)N1CCCC(C(=O)N2CC(C(=O)O)C(c3ccccc3)C2)C1. The monoisotopic (exact) mass is 386 g/mol. The molecule has 152 valence electrons. The van der Waals surface area contributed by atoms with E-state index < -0.39 is 17.3 Å². The molecule has 3 rings (SSSR count). The highest BCUT2D eigenvalue weighted by molar-refractivity contribution is 5.85. The number of nitrogens with zero attached hydrogens (tertiary/aromatic N) is 2. The van der Waals surface area contributed by atoms with E-state index in [1.807, 2.05) is 51.1 Å². The van der Waals surface area contributed by atoms with Gasteiger partial charge in [-0.05, 0) is 18.4 Å². The van der Waals surface area contributed by atoms with E-state index in [2.05, 4.69) is 0 Å². The van der Waals surface area contributed by atoms with Crippen molar-refractivity contribution in [3.63, 3.8) is 0 Å². The molecule has 6 nitrogen and oxygen atoms in total. The fourth-order valence-corrected chi connectivity index (χ4v) is 4.37. The lowest BCUT2D eigenvalue weighted by Gasteiger charge is -2.37. The average Bonchev–Trinajstić information content (AvgIpc) is 3.12. The van der Waals surface area contributed by atoms with Crippen molar-refractivity contribution in [1.29, 1.82) is 0 Å². The van der Waals surface area contributed by atoms with Gasteiger partial charge in [0.25, 0.3) is 0 Å². The molecule has 3 unspecified atom stereocenters. The summed E-state index contributed by atoms with van der Waals surface area (Å²) in [7, 11) is 0. The Labute approximate surface area is 166 Å². The quantitative estimate of drug-likeness (QED) is 0.866. The van der Waals surface area contributed by atoms with E-state index in [0.29, 0.717) is 19.6 Å². The fourth-order valence-electron chi connectivity index (χ4n) is 4.37. The van der Waals surface area contributed by atoms with Crippen molar-refractivity contribution in [3.8, 4) is 0 Å². The Morgan fingerprint density at radius 2 is 1.68 bits per heavy atom. The van der Waals surface area contributed by atoms with Gasteiger partial charge in [-0.15, -0.1) is 0 Å². The van der Waals surface area contributed by atoms with Crippen LogP contribution in [0, 0.1) is 17.3 Å². The topological polar surface area (TPSA) is 77.9 Å². The van der Waals surface area contributed by atoms with E-state index in [9.17, 15) is 19.5 Å². The van der Waals surface area contributed by atoms with E-state index in [0.717, 1.165) is 18.4 Å². The molecule has 1 N–H and O–H groups in total. The molecule has 0 aliphatic carbocycles. The Kier molecular flexibility index (Phi) is 5.77. The lowest BCUT2D eigenvalue weighted by molar-refractivity contribution is -0.145. The lowest BCUT2D eigenvalue weighted by Crippen LogP contribution is -2.49. The van der Waals surface area contributed by atoms with Gasteiger partial charge in [0.15, 0.2) is 0 Å². The van der Waals surface area contributed by atoms with Gasteiger partial charge in [-0.3, -0.25) is 14.4 Å². The average molecular weight is 386 g/mol. The first kappa shape index (κ1) is 20.4. The van der Waals surface area contributed by atoms with Crippen molar-refractivity contribution in [1.82, 2.24) is 9.80 Å². The van der Waals surface area contributed by atoms with Crippen LogP contribution in [0.2, 0.25) is 0 Å². The predicted molar refractivity (Wildman–Crippen MR) is 106 cm³/mol. The van der Waals surface area contributed by atoms with Crippen molar-refractivity contribution in [2.24, 2.45) is 17.3 Å². The number of hydrogen-bond donors (Lipinski definition) is 1. The van der Waals surface area contributed by atoms with Gasteiger partial charge in [0, 0.05) is 37.5 Å². The van der Waals surface area contributed by atoms with Gasteiger partial charge < -0.3 is 14.9 Å². The van der Waals surface area contributed by atoms with Crippen molar-refractivity contribution >= 4 is 17.8 Å². The first-order valence-electron chi connectivity index (χ1n) is 10.0. The third-order valence-corrected chi connectivity index (χ3v) is 5.88. The van der Waals surface area contributed by atoms with Crippen LogP contribution in [0.1, 0.15) is 45.1 Å². The molecule has 3 atom stereocenters. The second kappa shape index (κ2) is 7.94. The number of carboxylic acids is 1. The van der Waals surface area contributed by atoms with E-state index in [1.165, 1.54) is 0 Å². The molecular formula is C22H30N2O4. The number of rotatable bonds is 3. The molecule has 1 aromatic rings. The number of aliphatic carboxylic acids is 1. The first-order chi connectivity index (χ1) is 13.2. The largest absolute Gasteiger partial charge is 0.481 e. The van der Waals surface area contributed by atoms with Crippen LogP contribution in [0.15, 0.2) is 30.3 Å². The molecule has 0 spiro atoms. The summed E-state index contributed by atoms with van der Waals surface area (Å²) in [4.78, 5) is 41.1. The molecule has 2 aliphatic heterocycles. The molecule has 0 aromatic heterocycles. The molecule has 2 saturated heterocycles. The zero-order valence-corrected chi connectivity index (χ0v) is 16.9. The van der Waals surface area contributed by atoms with E-state index in [-0.39, 0.29) is 30.2 Å². The molecular weight excluding hydrogens is 356 g/mol. The van der Waals surface area contributed by atoms with E-state index in [4.69, 9.17) is 0 Å². The highest BCUT2D eigenvalue weighted by Gasteiger charge is 2.43. The molecule has 2 aliphatic rings. The number of piperidine rings is 1. The minimum absolute atomic E-state index is 0.0175. The fraction of sp³-hybridized carbons (Fsp3) is 0.591. The summed E-state index contributed by atoms with van der Waals surface area (Å²) in [6.45, 7) is 7.44. The Morgan fingerprint density at radius 3 is 2.29 bits per heavy atom. The predicted octanol–water partition coefficient (Wildman–Crippen LogP) is 2.60. The third kappa shape index (κ3) is 4.21. The molecule has 2 heterocycles. The van der Waals surface area contributed by atoms with Crippen molar-refractivity contribution < 1.29 is 19.5 Å². The van der Waals surface area contributed by atoms with Gasteiger partial charge >= 0.3 is 5.97 Å². The summed E-state index contributed by atoms with van der Waals surface area (Å²) in [5.41, 5.74) is 0.490. The maximum Gasteiger partial charge on any atom is 0.308 e. The second-order valence-corrected chi connectivity index (χ2v) is 9.05. The highest BCUT2D eigenvalue weighted by Crippen LogP contribution is 2.34. The number of carbonyl (C=O) groups excluding carboxylic acids is 2. The Morgan fingerprint density at radius 1 is 1.00 bits per heavy atom. The van der Waals surface area contributed by atoms with Crippen LogP contribution in [0.3, 0.4) is 0 Å². The number of hydrogen-bond acceptors (Lipinski definition) is 3. The first-order valence-corrected chi connectivity index (χ1v) is 10.0. The molecule has 6 heteroatoms. The smallest absolute Gasteiger partial charge is 0.308 e. The molecule has 0 saturated carbocycles. The Bertz CT molecular complexity index is 741. The minimum atomic E-state index is -0.864. The summed E-state index contributed by atoms with van der Waals surface area (Å²) in [6, 6.07) is 9.56. The van der Waals surface area contributed by atoms with Gasteiger partial charge in [0.05, 0.1) is 11.8 Å². The van der Waals surface area contributed by atoms with Gasteiger partial charge in [0.1, 0.15) is 0 Å². The molecule has 0 bridgehead atoms. The Balaban J connectivity index is 1.72. The number of carbonyl (C=O) groups is 3. The summed E-state index contributed by atoms with van der Waals surface area (Å²) >= 11 is 0. The molecule has 2 amide bonds. The van der Waals surface area contributed by atoms with Gasteiger partial charge in [-0.25, -0.2) is 0 Å². The summed E-state index contributed by atoms with van der Waals surface area (Å²) in [5.74, 6) is -1.85. The van der Waals surface area contributed by atoms with E-state index in [1.54, 1.807) is 9.80 Å². The minimum Gasteiger partial charge on any atom is -0.481 e. The maximum atomic E-state index is 13.2. The standard InChI is InChI=1S/C22H30N2O4/c1-22(2,3)21(28)23-11-7-10-16(12-23)19(25)24-13-17(18(14-24)20(26)27)15-8-5-4-6-9-15/h4-6,8-9,16-18H,7,10-14H2,1-3H3,(H,26,27). The summed E-state index contributed by atoms with van der Waals surface area (Å²) < 4.78 is 0. The zero-order valence-electron chi connectivity index (χ0n) is 16.9. The Hall–Kier alpha value is -2.37. The lowest BCUT2D eigenvalue weighted by atomic mass is 9.89. The zero-order chi connectivity index (χ0) is 20.5. The number of amides is 2.